The van der Waals surface area contributed by atoms with Gasteiger partial charge in [0, 0.05) is 0 Å². The topological polar surface area (TPSA) is 0 Å². The normalized spacial score (nSPS) is 17.5. The summed E-state index contributed by atoms with van der Waals surface area (Å²) in [6.45, 7) is 2.39. The number of allylic oxidation sites excluding steroid dienone is 2. The number of hydrogen-bond acceptors (Lipinski definition) is 0. The predicted molar refractivity (Wildman–Crippen MR) is 88.6 cm³/mol. The maximum absolute atomic E-state index is 2.41. The minimum atomic E-state index is 0.614. The second kappa shape index (κ2) is 5.92. The monoisotopic (exact) mass is 453 g/mol. The van der Waals surface area contributed by atoms with Gasteiger partial charge in [0.15, 0.2) is 0 Å². The summed E-state index contributed by atoms with van der Waals surface area (Å²) in [5.41, 5.74) is 9.78. The molecule has 109 valence electrons. The zero-order valence-corrected chi connectivity index (χ0v) is 16.7. The molecular formula is C21H21Hf. The third-order valence-corrected chi connectivity index (χ3v) is 7.00. The molecule has 2 aromatic carbocycles. The summed E-state index contributed by atoms with van der Waals surface area (Å²) >= 11 is 1.21. The van der Waals surface area contributed by atoms with Gasteiger partial charge in [0.25, 0.3) is 0 Å². The predicted octanol–water partition coefficient (Wildman–Crippen LogP) is 5.18. The molecule has 0 spiro atoms. The van der Waals surface area contributed by atoms with Crippen LogP contribution in [0.4, 0.5) is 0 Å². The molecule has 0 heterocycles. The van der Waals surface area contributed by atoms with Gasteiger partial charge in [-0.25, -0.2) is 0 Å². The summed E-state index contributed by atoms with van der Waals surface area (Å²) in [5.74, 6) is 0.614. The summed E-state index contributed by atoms with van der Waals surface area (Å²) in [6.07, 6.45) is 6.39. The van der Waals surface area contributed by atoms with Crippen LogP contribution in [0.5, 0.6) is 0 Å². The number of fused-ring (bicyclic) bond motifs is 3. The third kappa shape index (κ3) is 2.48. The van der Waals surface area contributed by atoms with Crippen molar-refractivity contribution >= 4 is 5.57 Å². The van der Waals surface area contributed by atoms with Gasteiger partial charge in [-0.15, -0.1) is 0 Å². The van der Waals surface area contributed by atoms with Crippen molar-refractivity contribution < 1.29 is 24.4 Å². The second-order valence-corrected chi connectivity index (χ2v) is 8.91. The van der Waals surface area contributed by atoms with E-state index in [0.29, 0.717) is 5.92 Å². The Hall–Kier alpha value is -0.950. The molecule has 0 fully saturated rings. The Morgan fingerprint density at radius 2 is 1.77 bits per heavy atom. The molecule has 2 aliphatic rings. The fraction of sp³-hybridized carbons (Fsp3) is 0.333. The SMILES string of the molecule is CC(CC1=[C]([Hf])Cc2ccc3c(c21)CCC3)c1ccccc1. The molecule has 0 N–H and O–H groups in total. The molecule has 0 amide bonds. The average Bonchev–Trinajstić information content (AvgIpc) is 3.12. The number of hydrogen-bond donors (Lipinski definition) is 0. The van der Waals surface area contributed by atoms with Crippen LogP contribution in [0.15, 0.2) is 45.8 Å². The van der Waals surface area contributed by atoms with Gasteiger partial charge in [-0.05, 0) is 0 Å². The van der Waals surface area contributed by atoms with Crippen molar-refractivity contribution in [3.05, 3.63) is 73.6 Å². The molecule has 1 heteroatoms. The van der Waals surface area contributed by atoms with E-state index in [1.807, 2.05) is 0 Å². The molecule has 0 aliphatic heterocycles. The third-order valence-electron chi connectivity index (χ3n) is 5.28. The maximum atomic E-state index is 2.41. The first-order valence-corrected chi connectivity index (χ1v) is 10.2. The van der Waals surface area contributed by atoms with Crippen molar-refractivity contribution in [2.45, 2.75) is 44.9 Å². The van der Waals surface area contributed by atoms with Crippen molar-refractivity contribution in [1.82, 2.24) is 0 Å². The minimum absolute atomic E-state index is 0.614. The summed E-state index contributed by atoms with van der Waals surface area (Å²) in [7, 11) is 0. The molecule has 0 saturated heterocycles. The van der Waals surface area contributed by atoms with E-state index in [9.17, 15) is 0 Å². The molecule has 22 heavy (non-hydrogen) atoms. The Morgan fingerprint density at radius 1 is 1.00 bits per heavy atom. The molecule has 0 bridgehead atoms. The van der Waals surface area contributed by atoms with E-state index in [1.54, 1.807) is 31.2 Å². The first kappa shape index (κ1) is 14.6. The van der Waals surface area contributed by atoms with E-state index in [0.717, 1.165) is 0 Å². The molecule has 0 saturated carbocycles. The van der Waals surface area contributed by atoms with Crippen LogP contribution in [0.3, 0.4) is 0 Å². The Kier molecular flexibility index (Phi) is 3.94. The Morgan fingerprint density at radius 3 is 2.59 bits per heavy atom. The van der Waals surface area contributed by atoms with E-state index >= 15 is 0 Å². The van der Waals surface area contributed by atoms with Crippen molar-refractivity contribution in [2.75, 3.05) is 0 Å². The average molecular weight is 452 g/mol. The summed E-state index contributed by atoms with van der Waals surface area (Å²) in [5, 5.41) is 0. The van der Waals surface area contributed by atoms with Gasteiger partial charge < -0.3 is 0 Å². The van der Waals surface area contributed by atoms with Crippen LogP contribution < -0.4 is 0 Å². The quantitative estimate of drug-likeness (QED) is 0.564. The van der Waals surface area contributed by atoms with Gasteiger partial charge >= 0.3 is 149 Å². The van der Waals surface area contributed by atoms with Crippen LogP contribution in [-0.4, -0.2) is 0 Å². The van der Waals surface area contributed by atoms with Gasteiger partial charge in [-0.3, -0.25) is 0 Å². The molecular weight excluding hydrogens is 431 g/mol. The number of rotatable bonds is 3. The fourth-order valence-electron chi connectivity index (χ4n) is 4.12. The van der Waals surface area contributed by atoms with Crippen molar-refractivity contribution in [3.8, 4) is 0 Å². The van der Waals surface area contributed by atoms with Crippen molar-refractivity contribution in [2.24, 2.45) is 0 Å². The molecule has 1 unspecified atom stereocenters. The zero-order valence-electron chi connectivity index (χ0n) is 13.2. The van der Waals surface area contributed by atoms with Gasteiger partial charge in [0.1, 0.15) is 0 Å². The van der Waals surface area contributed by atoms with Crippen LogP contribution >= 0.6 is 0 Å². The standard InChI is InChI=1S/C21H21.Hf/c1-15(16-6-3-2-4-7-16)14-19-13-12-18-11-10-17-8-5-9-20(17)21(18)19;/h2-4,6-7,10-11,15H,5,8-9,12,14H2,1H3;. The van der Waals surface area contributed by atoms with Crippen LogP contribution in [-0.2, 0) is 43.6 Å². The molecule has 0 aromatic heterocycles. The van der Waals surface area contributed by atoms with Crippen LogP contribution in [0.1, 0.15) is 53.5 Å². The van der Waals surface area contributed by atoms with Crippen LogP contribution in [0.2, 0.25) is 0 Å². The molecule has 0 radical (unpaired) electrons. The molecule has 1 atom stereocenters. The van der Waals surface area contributed by atoms with E-state index in [-0.39, 0.29) is 0 Å². The first-order valence-electron chi connectivity index (χ1n) is 8.36. The fourth-order valence-corrected chi connectivity index (χ4v) is 5.62. The first-order chi connectivity index (χ1) is 10.7. The van der Waals surface area contributed by atoms with Crippen LogP contribution in [0, 0.1) is 0 Å². The molecule has 2 aromatic rings. The van der Waals surface area contributed by atoms with Crippen LogP contribution in [0.25, 0.3) is 5.57 Å². The van der Waals surface area contributed by atoms with Gasteiger partial charge in [0.05, 0.1) is 0 Å². The molecule has 2 aliphatic carbocycles. The summed E-state index contributed by atoms with van der Waals surface area (Å²) in [4.78, 5) is 0. The summed E-state index contributed by atoms with van der Waals surface area (Å²) < 4.78 is 1.73. The zero-order chi connectivity index (χ0) is 15.1. The Labute approximate surface area is 148 Å². The molecule has 0 nitrogen and oxygen atoms in total. The number of benzene rings is 2. The van der Waals surface area contributed by atoms with E-state index in [2.05, 4.69) is 49.4 Å². The Balaban J connectivity index is 1.70. The second-order valence-electron chi connectivity index (χ2n) is 6.74. The summed E-state index contributed by atoms with van der Waals surface area (Å²) in [6, 6.07) is 15.8. The van der Waals surface area contributed by atoms with E-state index in [4.69, 9.17) is 0 Å². The Bertz CT molecular complexity index is 740. The number of aryl methyl sites for hydroxylation is 1. The van der Waals surface area contributed by atoms with Gasteiger partial charge in [0.2, 0.25) is 0 Å². The van der Waals surface area contributed by atoms with Crippen molar-refractivity contribution in [1.29, 1.82) is 0 Å². The van der Waals surface area contributed by atoms with E-state index < -0.39 is 0 Å². The van der Waals surface area contributed by atoms with Crippen molar-refractivity contribution in [3.63, 3.8) is 0 Å². The van der Waals surface area contributed by atoms with E-state index in [1.165, 1.54) is 62.0 Å². The van der Waals surface area contributed by atoms with Gasteiger partial charge in [-0.2, -0.15) is 0 Å². The molecule has 4 rings (SSSR count). The van der Waals surface area contributed by atoms with Gasteiger partial charge in [-0.1, -0.05) is 0 Å².